The van der Waals surface area contributed by atoms with Crippen LogP contribution in [0, 0.1) is 0 Å². The normalized spacial score (nSPS) is 28.1. The summed E-state index contributed by atoms with van der Waals surface area (Å²) in [5.74, 6) is 0. The van der Waals surface area contributed by atoms with Gasteiger partial charge in [-0.15, -0.1) is 0 Å². The van der Waals surface area contributed by atoms with E-state index in [9.17, 15) is 4.79 Å². The van der Waals surface area contributed by atoms with E-state index in [-0.39, 0.29) is 0 Å². The quantitative estimate of drug-likeness (QED) is 0.480. The van der Waals surface area contributed by atoms with Crippen LogP contribution in [0.2, 0.25) is 0 Å². The van der Waals surface area contributed by atoms with E-state index in [1.165, 1.54) is 0 Å². The van der Waals surface area contributed by atoms with Crippen molar-refractivity contribution in [1.82, 2.24) is 10.2 Å². The van der Waals surface area contributed by atoms with Crippen molar-refractivity contribution in [3.63, 3.8) is 0 Å². The second kappa shape index (κ2) is 2.82. The fourth-order valence-corrected chi connectivity index (χ4v) is 1.01. The molecule has 3 nitrogen and oxygen atoms in total. The largest absolute Gasteiger partial charge is 0.340 e. The van der Waals surface area contributed by atoms with E-state index in [0.717, 1.165) is 26.0 Å². The lowest BCUT2D eigenvalue weighted by Crippen LogP contribution is -2.48. The lowest BCUT2D eigenvalue weighted by molar-refractivity contribution is -0.120. The van der Waals surface area contributed by atoms with Crippen molar-refractivity contribution in [2.45, 2.75) is 13.0 Å². The Morgan fingerprint density at radius 1 is 1.78 bits per heavy atom. The van der Waals surface area contributed by atoms with Gasteiger partial charge in [-0.25, -0.2) is 0 Å². The van der Waals surface area contributed by atoms with Crippen LogP contribution in [0.15, 0.2) is 0 Å². The second-order valence-corrected chi connectivity index (χ2v) is 2.40. The third-order valence-electron chi connectivity index (χ3n) is 1.69. The lowest BCUT2D eigenvalue weighted by Gasteiger charge is -2.30. The SMILES string of the molecule is C[C@@H]1CNCCN1C=O. The Bertz CT molecular complexity index is 105. The second-order valence-electron chi connectivity index (χ2n) is 2.40. The molecule has 1 aliphatic rings. The van der Waals surface area contributed by atoms with Gasteiger partial charge < -0.3 is 10.2 Å². The smallest absolute Gasteiger partial charge is 0.210 e. The average molecular weight is 128 g/mol. The van der Waals surface area contributed by atoms with Gasteiger partial charge in [-0.3, -0.25) is 4.79 Å². The van der Waals surface area contributed by atoms with E-state index in [2.05, 4.69) is 5.32 Å². The van der Waals surface area contributed by atoms with Gasteiger partial charge in [0.2, 0.25) is 6.41 Å². The minimum Gasteiger partial charge on any atom is -0.340 e. The fourth-order valence-electron chi connectivity index (χ4n) is 1.01. The van der Waals surface area contributed by atoms with Crippen molar-refractivity contribution in [3.8, 4) is 0 Å². The number of nitrogens with one attached hydrogen (secondary N) is 1. The van der Waals surface area contributed by atoms with E-state index in [1.807, 2.05) is 11.8 Å². The van der Waals surface area contributed by atoms with Crippen molar-refractivity contribution >= 4 is 6.41 Å². The van der Waals surface area contributed by atoms with E-state index in [1.54, 1.807) is 0 Å². The first-order valence-corrected chi connectivity index (χ1v) is 3.26. The molecule has 1 saturated heterocycles. The number of carbonyl (C=O) groups excluding carboxylic acids is 1. The molecule has 1 fully saturated rings. The summed E-state index contributed by atoms with van der Waals surface area (Å²) in [4.78, 5) is 12.1. The Hall–Kier alpha value is -0.570. The van der Waals surface area contributed by atoms with Gasteiger partial charge in [-0.1, -0.05) is 0 Å². The molecule has 52 valence electrons. The van der Waals surface area contributed by atoms with Gasteiger partial charge in [0.05, 0.1) is 0 Å². The summed E-state index contributed by atoms with van der Waals surface area (Å²) < 4.78 is 0. The van der Waals surface area contributed by atoms with Gasteiger partial charge in [0.15, 0.2) is 0 Å². The molecule has 9 heavy (non-hydrogen) atoms. The molecule has 0 radical (unpaired) electrons. The topological polar surface area (TPSA) is 32.3 Å². The van der Waals surface area contributed by atoms with Crippen molar-refractivity contribution in [2.75, 3.05) is 19.6 Å². The highest BCUT2D eigenvalue weighted by Gasteiger charge is 2.14. The summed E-state index contributed by atoms with van der Waals surface area (Å²) >= 11 is 0. The molecule has 0 unspecified atom stereocenters. The highest BCUT2D eigenvalue weighted by Crippen LogP contribution is 1.96. The van der Waals surface area contributed by atoms with Gasteiger partial charge in [0, 0.05) is 25.7 Å². The molecular formula is C6H12N2O. The molecule has 1 aliphatic heterocycles. The summed E-state index contributed by atoms with van der Waals surface area (Å²) in [5.41, 5.74) is 0. The highest BCUT2D eigenvalue weighted by molar-refractivity contribution is 5.47. The molecule has 1 heterocycles. The minimum atomic E-state index is 0.372. The van der Waals surface area contributed by atoms with Crippen LogP contribution in [0.3, 0.4) is 0 Å². The van der Waals surface area contributed by atoms with E-state index < -0.39 is 0 Å². The molecule has 0 bridgehead atoms. The van der Waals surface area contributed by atoms with Gasteiger partial charge in [-0.2, -0.15) is 0 Å². The molecule has 1 N–H and O–H groups in total. The molecule has 0 aromatic carbocycles. The van der Waals surface area contributed by atoms with Gasteiger partial charge >= 0.3 is 0 Å². The summed E-state index contributed by atoms with van der Waals surface area (Å²) in [6.45, 7) is 4.76. The van der Waals surface area contributed by atoms with Crippen LogP contribution in [-0.4, -0.2) is 37.0 Å². The molecule has 0 spiro atoms. The molecular weight excluding hydrogens is 116 g/mol. The fraction of sp³-hybridized carbons (Fsp3) is 0.833. The predicted octanol–water partition coefficient (Wildman–Crippen LogP) is -0.563. The molecule has 0 aromatic rings. The average Bonchev–Trinajstić information content (AvgIpc) is 1.89. The molecule has 0 aliphatic carbocycles. The van der Waals surface area contributed by atoms with Gasteiger partial charge in [-0.05, 0) is 6.92 Å². The molecule has 0 saturated carbocycles. The van der Waals surface area contributed by atoms with Crippen molar-refractivity contribution in [3.05, 3.63) is 0 Å². The monoisotopic (exact) mass is 128 g/mol. The zero-order valence-corrected chi connectivity index (χ0v) is 5.63. The number of carbonyl (C=O) groups is 1. The number of rotatable bonds is 1. The third kappa shape index (κ3) is 1.42. The maximum Gasteiger partial charge on any atom is 0.210 e. The maximum absolute atomic E-state index is 10.3. The lowest BCUT2D eigenvalue weighted by atomic mass is 10.2. The zero-order valence-electron chi connectivity index (χ0n) is 5.63. The van der Waals surface area contributed by atoms with Crippen LogP contribution in [-0.2, 0) is 4.79 Å². The Kier molecular flexibility index (Phi) is 2.05. The maximum atomic E-state index is 10.3. The Morgan fingerprint density at radius 3 is 3.00 bits per heavy atom. The highest BCUT2D eigenvalue weighted by atomic mass is 16.1. The summed E-state index contributed by atoms with van der Waals surface area (Å²) in [7, 11) is 0. The van der Waals surface area contributed by atoms with Gasteiger partial charge in [0.25, 0.3) is 0 Å². The van der Waals surface area contributed by atoms with Crippen LogP contribution in [0.1, 0.15) is 6.92 Å². The number of hydrogen-bond acceptors (Lipinski definition) is 2. The summed E-state index contributed by atoms with van der Waals surface area (Å²) in [6.07, 6.45) is 0.922. The first-order chi connectivity index (χ1) is 4.34. The summed E-state index contributed by atoms with van der Waals surface area (Å²) in [5, 5.41) is 3.20. The summed E-state index contributed by atoms with van der Waals surface area (Å²) in [6, 6.07) is 0.372. The number of hydrogen-bond donors (Lipinski definition) is 1. The Morgan fingerprint density at radius 2 is 2.56 bits per heavy atom. The standard InChI is InChI=1S/C6H12N2O/c1-6-4-7-2-3-8(6)5-9/h5-7H,2-4H2,1H3/t6-/m1/s1. The van der Waals surface area contributed by atoms with Crippen LogP contribution in [0.4, 0.5) is 0 Å². The minimum absolute atomic E-state index is 0.372. The van der Waals surface area contributed by atoms with Crippen LogP contribution < -0.4 is 5.32 Å². The molecule has 1 atom stereocenters. The van der Waals surface area contributed by atoms with E-state index >= 15 is 0 Å². The number of amides is 1. The van der Waals surface area contributed by atoms with E-state index in [4.69, 9.17) is 0 Å². The van der Waals surface area contributed by atoms with E-state index in [0.29, 0.717) is 6.04 Å². The van der Waals surface area contributed by atoms with Crippen molar-refractivity contribution in [1.29, 1.82) is 0 Å². The molecule has 1 rings (SSSR count). The predicted molar refractivity (Wildman–Crippen MR) is 35.1 cm³/mol. The number of piperazine rings is 1. The van der Waals surface area contributed by atoms with Crippen molar-refractivity contribution < 1.29 is 4.79 Å². The third-order valence-corrected chi connectivity index (χ3v) is 1.69. The van der Waals surface area contributed by atoms with Gasteiger partial charge in [0.1, 0.15) is 0 Å². The van der Waals surface area contributed by atoms with Crippen LogP contribution in [0.5, 0.6) is 0 Å². The van der Waals surface area contributed by atoms with Crippen LogP contribution >= 0.6 is 0 Å². The van der Waals surface area contributed by atoms with Crippen molar-refractivity contribution in [2.24, 2.45) is 0 Å². The molecule has 0 aromatic heterocycles. The first-order valence-electron chi connectivity index (χ1n) is 3.26. The first kappa shape index (κ1) is 6.55. The Labute approximate surface area is 55.0 Å². The Balaban J connectivity index is 2.38. The molecule has 3 heteroatoms. The number of nitrogens with zero attached hydrogens (tertiary/aromatic N) is 1. The zero-order chi connectivity index (χ0) is 6.69. The molecule has 1 amide bonds. The van der Waals surface area contributed by atoms with Crippen LogP contribution in [0.25, 0.3) is 0 Å².